The van der Waals surface area contributed by atoms with Gasteiger partial charge in [-0.3, -0.25) is 9.59 Å². The van der Waals surface area contributed by atoms with E-state index in [1.54, 1.807) is 13.8 Å². The van der Waals surface area contributed by atoms with Crippen molar-refractivity contribution >= 4 is 23.5 Å². The van der Waals surface area contributed by atoms with Crippen molar-refractivity contribution in [3.05, 3.63) is 13.3 Å². The van der Waals surface area contributed by atoms with Crippen molar-refractivity contribution in [3.63, 3.8) is 0 Å². The van der Waals surface area contributed by atoms with Crippen LogP contribution in [0.25, 0.3) is 0 Å². The van der Waals surface area contributed by atoms with E-state index in [-0.39, 0.29) is 33.9 Å². The molecule has 0 saturated carbocycles. The molecule has 132 valence electrons. The van der Waals surface area contributed by atoms with E-state index in [9.17, 15) is 19.2 Å². The number of hydrogen-bond acceptors (Lipinski definition) is 7. The van der Waals surface area contributed by atoms with Gasteiger partial charge in [0.05, 0.1) is 19.6 Å². The molecular formula is C15H26O7Ti. The molecule has 0 aromatic carbocycles. The number of aliphatic hydroxyl groups is 1. The summed E-state index contributed by atoms with van der Waals surface area (Å²) in [5.41, 5.74) is 0. The summed E-state index contributed by atoms with van der Waals surface area (Å²) in [6, 6.07) is 0. The number of Topliss-reactive ketones (excluding diaryl/α,β-unsaturated/α-hetero) is 2. The second-order valence-corrected chi connectivity index (χ2v) is 3.75. The molecule has 0 amide bonds. The van der Waals surface area contributed by atoms with Gasteiger partial charge in [0, 0.05) is 18.2 Å². The average molecular weight is 366 g/mol. The van der Waals surface area contributed by atoms with Gasteiger partial charge in [-0.05, 0) is 27.2 Å². The van der Waals surface area contributed by atoms with Crippen molar-refractivity contribution in [1.82, 2.24) is 0 Å². The number of esters is 2. The Morgan fingerprint density at radius 3 is 1.74 bits per heavy atom. The SMILES string of the molecule is CCCO.CCOC(=O)[CH-]C(C)=O.[CH2-]C(=O)CC(=O)OCC.[Ti+2]. The minimum atomic E-state index is -0.565. The Balaban J connectivity index is -0.000000124. The average Bonchev–Trinajstić information content (AvgIpc) is 2.38. The molecule has 0 unspecified atom stereocenters. The summed E-state index contributed by atoms with van der Waals surface area (Å²) in [6.07, 6.45) is 1.58. The number of rotatable bonds is 7. The molecule has 0 atom stereocenters. The molecule has 0 aliphatic rings. The van der Waals surface area contributed by atoms with Gasteiger partial charge in [-0.15, -0.1) is 0 Å². The third kappa shape index (κ3) is 38.6. The van der Waals surface area contributed by atoms with Crippen LogP contribution in [0.5, 0.6) is 0 Å². The van der Waals surface area contributed by atoms with Gasteiger partial charge in [-0.25, -0.2) is 6.42 Å². The Morgan fingerprint density at radius 2 is 1.48 bits per heavy atom. The van der Waals surface area contributed by atoms with E-state index in [4.69, 9.17) is 5.11 Å². The van der Waals surface area contributed by atoms with Gasteiger partial charge in [-0.1, -0.05) is 6.92 Å². The third-order valence-corrected chi connectivity index (χ3v) is 1.48. The topological polar surface area (TPSA) is 107 Å². The zero-order valence-corrected chi connectivity index (χ0v) is 15.8. The molecule has 0 aliphatic heterocycles. The molecule has 7 nitrogen and oxygen atoms in total. The Hall–Kier alpha value is -1.31. The summed E-state index contributed by atoms with van der Waals surface area (Å²) in [5, 5.41) is 7.88. The molecule has 0 aromatic rings. The van der Waals surface area contributed by atoms with E-state index in [1.807, 2.05) is 6.92 Å². The van der Waals surface area contributed by atoms with Gasteiger partial charge in [0.15, 0.2) is 5.97 Å². The fourth-order valence-electron chi connectivity index (χ4n) is 0.723. The molecule has 0 radical (unpaired) electrons. The van der Waals surface area contributed by atoms with Gasteiger partial charge in [0.25, 0.3) is 0 Å². The van der Waals surface area contributed by atoms with Gasteiger partial charge >= 0.3 is 27.7 Å². The maximum Gasteiger partial charge on any atom is 2.00 e. The normalized spacial score (nSPS) is 7.87. The Bertz CT molecular complexity index is 298. The molecule has 0 fully saturated rings. The van der Waals surface area contributed by atoms with Crippen LogP contribution in [0.1, 0.15) is 40.5 Å². The van der Waals surface area contributed by atoms with Gasteiger partial charge in [-0.2, -0.15) is 0 Å². The Labute approximate surface area is 153 Å². The van der Waals surface area contributed by atoms with Crippen LogP contribution in [0.4, 0.5) is 0 Å². The van der Waals surface area contributed by atoms with Gasteiger partial charge in [0.1, 0.15) is 0 Å². The summed E-state index contributed by atoms with van der Waals surface area (Å²) in [5.74, 6) is -1.76. The first kappa shape index (κ1) is 29.7. The largest absolute Gasteiger partial charge is 2.00 e. The van der Waals surface area contributed by atoms with Crippen LogP contribution in [0, 0.1) is 13.3 Å². The molecule has 8 heteroatoms. The second-order valence-electron chi connectivity index (χ2n) is 3.75. The molecule has 0 spiro atoms. The first-order chi connectivity index (χ1) is 10.2. The summed E-state index contributed by atoms with van der Waals surface area (Å²) < 4.78 is 8.89. The number of carbonyl (C=O) groups excluding carboxylic acids is 4. The fraction of sp³-hybridized carbons (Fsp3) is 0.600. The first-order valence-electron chi connectivity index (χ1n) is 6.88. The summed E-state index contributed by atoms with van der Waals surface area (Å²) >= 11 is 0. The first-order valence-corrected chi connectivity index (χ1v) is 6.88. The van der Waals surface area contributed by atoms with Gasteiger partial charge in [0.2, 0.25) is 0 Å². The zero-order chi connectivity index (χ0) is 18.0. The fourth-order valence-corrected chi connectivity index (χ4v) is 0.723. The van der Waals surface area contributed by atoms with E-state index >= 15 is 0 Å². The van der Waals surface area contributed by atoms with E-state index in [1.165, 1.54) is 6.92 Å². The number of ether oxygens (including phenoxy) is 2. The van der Waals surface area contributed by atoms with Crippen LogP contribution < -0.4 is 0 Å². The maximum absolute atomic E-state index is 10.4. The summed E-state index contributed by atoms with van der Waals surface area (Å²) in [7, 11) is 0. The van der Waals surface area contributed by atoms with Crippen LogP contribution in [-0.4, -0.2) is 48.4 Å². The number of aliphatic hydroxyl groups excluding tert-OH is 1. The summed E-state index contributed by atoms with van der Waals surface area (Å²) in [6.45, 7) is 10.6. The second kappa shape index (κ2) is 23.0. The molecule has 0 rings (SSSR count). The number of hydrogen-bond donors (Lipinski definition) is 1. The quantitative estimate of drug-likeness (QED) is 0.311. The number of ketones is 2. The third-order valence-electron chi connectivity index (χ3n) is 1.48. The molecular weight excluding hydrogens is 340 g/mol. The van der Waals surface area contributed by atoms with E-state index < -0.39 is 17.7 Å². The molecule has 0 heterocycles. The van der Waals surface area contributed by atoms with Crippen molar-refractivity contribution in [1.29, 1.82) is 0 Å². The Morgan fingerprint density at radius 1 is 1.04 bits per heavy atom. The van der Waals surface area contributed by atoms with E-state index in [0.29, 0.717) is 19.8 Å². The van der Waals surface area contributed by atoms with Crippen molar-refractivity contribution in [2.45, 2.75) is 40.5 Å². The van der Waals surface area contributed by atoms with Crippen LogP contribution in [0.3, 0.4) is 0 Å². The van der Waals surface area contributed by atoms with E-state index in [0.717, 1.165) is 12.8 Å². The minimum Gasteiger partial charge on any atom is -0.488 e. The predicted octanol–water partition coefficient (Wildman–Crippen LogP) is 1.07. The van der Waals surface area contributed by atoms with E-state index in [2.05, 4.69) is 16.4 Å². The van der Waals surface area contributed by atoms with Crippen LogP contribution in [-0.2, 0) is 50.4 Å². The standard InChI is InChI=1S/2C6H9O3.C3H8O.Ti/c2*1-3-9-6(8)4-5(2)7;1-2-3-4;/h4H,3H2,1-2H3;2-4H2,1H3;4H,2-3H2,1H3;/q2*-1;;+2. The molecule has 23 heavy (non-hydrogen) atoms. The van der Waals surface area contributed by atoms with Crippen LogP contribution in [0.15, 0.2) is 0 Å². The predicted molar refractivity (Wildman–Crippen MR) is 80.6 cm³/mol. The zero-order valence-electron chi connectivity index (χ0n) is 14.2. The minimum absolute atomic E-state index is 0. The van der Waals surface area contributed by atoms with Crippen molar-refractivity contribution < 1.29 is 55.5 Å². The molecule has 0 bridgehead atoms. The Kier molecular flexibility index (Phi) is 29.6. The molecule has 0 saturated heterocycles. The maximum atomic E-state index is 10.4. The van der Waals surface area contributed by atoms with Crippen molar-refractivity contribution in [3.8, 4) is 0 Å². The van der Waals surface area contributed by atoms with Crippen molar-refractivity contribution in [2.24, 2.45) is 0 Å². The van der Waals surface area contributed by atoms with Gasteiger partial charge < -0.3 is 31.1 Å². The molecule has 1 N–H and O–H groups in total. The van der Waals surface area contributed by atoms with Crippen LogP contribution in [0.2, 0.25) is 0 Å². The summed E-state index contributed by atoms with van der Waals surface area (Å²) in [4.78, 5) is 41.0. The van der Waals surface area contributed by atoms with Crippen molar-refractivity contribution in [2.75, 3.05) is 19.8 Å². The van der Waals surface area contributed by atoms with Crippen LogP contribution >= 0.6 is 0 Å². The smallest absolute Gasteiger partial charge is 0.488 e. The monoisotopic (exact) mass is 366 g/mol. The molecule has 0 aromatic heterocycles. The number of carbonyl (C=O) groups is 4. The molecule has 0 aliphatic carbocycles.